The highest BCUT2D eigenvalue weighted by Crippen LogP contribution is 2.43. The minimum atomic E-state index is -4.44. The summed E-state index contributed by atoms with van der Waals surface area (Å²) in [7, 11) is 0. The van der Waals surface area contributed by atoms with Crippen molar-refractivity contribution in [1.29, 1.82) is 0 Å². The molecule has 3 heterocycles. The van der Waals surface area contributed by atoms with Crippen LogP contribution in [-0.2, 0) is 4.79 Å². The van der Waals surface area contributed by atoms with E-state index in [0.29, 0.717) is 16.9 Å². The number of hydrogen-bond donors (Lipinski definition) is 2. The number of ether oxygens (including phenoxy) is 1. The number of nitrogens with zero attached hydrogens (tertiary/aromatic N) is 5. The molecule has 228 valence electrons. The largest absolute Gasteiger partial charge is 0.474 e. The molecule has 0 aliphatic heterocycles. The summed E-state index contributed by atoms with van der Waals surface area (Å²) >= 11 is 0. The highest BCUT2D eigenvalue weighted by atomic mass is 19.4. The van der Waals surface area contributed by atoms with Crippen molar-refractivity contribution >= 4 is 17.5 Å². The van der Waals surface area contributed by atoms with E-state index >= 15 is 0 Å². The van der Waals surface area contributed by atoms with Crippen molar-refractivity contribution in [3.8, 4) is 5.88 Å². The van der Waals surface area contributed by atoms with Gasteiger partial charge in [-0.15, -0.1) is 0 Å². The molecule has 11 nitrogen and oxygen atoms in total. The second kappa shape index (κ2) is 11.8. The topological polar surface area (TPSA) is 137 Å². The molecule has 2 amide bonds. The standard InChI is InChI=1S/C26H30F5N7O4/c1-2-41-24-22(36-42-37-24)23(40)35-21(15-5-8-25(27,28)9-6-15)17-13-38-18(33-17)11-16(12-32-38)20(14-3-4-14)34-19(39)7-10-26(29,30)31/h11-15,20-21H,2-10H2,1H3,(H,34,39)(H,35,40)/t20-,21+/m1/s1. The van der Waals surface area contributed by atoms with Crippen molar-refractivity contribution in [1.82, 2.24) is 35.5 Å². The lowest BCUT2D eigenvalue weighted by Gasteiger charge is -2.33. The second-order valence-electron chi connectivity index (χ2n) is 10.8. The highest BCUT2D eigenvalue weighted by molar-refractivity contribution is 5.94. The molecule has 0 aromatic carbocycles. The maximum absolute atomic E-state index is 14.0. The predicted octanol–water partition coefficient (Wildman–Crippen LogP) is 4.72. The molecule has 2 saturated carbocycles. The maximum Gasteiger partial charge on any atom is 0.389 e. The molecule has 0 saturated heterocycles. The van der Waals surface area contributed by atoms with Crippen LogP contribution in [0.2, 0.25) is 0 Å². The van der Waals surface area contributed by atoms with E-state index in [-0.39, 0.29) is 55.7 Å². The van der Waals surface area contributed by atoms with Gasteiger partial charge in [0.2, 0.25) is 17.5 Å². The number of rotatable bonds is 11. The number of amides is 2. The number of imidazole rings is 1. The molecule has 2 N–H and O–H groups in total. The molecule has 5 rings (SSSR count). The van der Waals surface area contributed by atoms with Crippen LogP contribution < -0.4 is 15.4 Å². The summed E-state index contributed by atoms with van der Waals surface area (Å²) in [5.74, 6) is -4.60. The van der Waals surface area contributed by atoms with E-state index in [1.165, 1.54) is 10.7 Å². The Morgan fingerprint density at radius 2 is 1.83 bits per heavy atom. The molecule has 42 heavy (non-hydrogen) atoms. The Bertz CT molecular complexity index is 1410. The molecule has 2 atom stereocenters. The number of halogens is 5. The molecule has 3 aromatic rings. The van der Waals surface area contributed by atoms with Gasteiger partial charge < -0.3 is 15.4 Å². The molecular weight excluding hydrogens is 569 g/mol. The van der Waals surface area contributed by atoms with Crippen LogP contribution >= 0.6 is 0 Å². The van der Waals surface area contributed by atoms with Gasteiger partial charge in [0, 0.05) is 19.3 Å². The fourth-order valence-electron chi connectivity index (χ4n) is 5.22. The number of carbonyl (C=O) groups excluding carboxylic acids is 2. The van der Waals surface area contributed by atoms with Crippen LogP contribution in [0.15, 0.2) is 23.1 Å². The van der Waals surface area contributed by atoms with Gasteiger partial charge in [0.15, 0.2) is 5.65 Å². The predicted molar refractivity (Wildman–Crippen MR) is 134 cm³/mol. The molecule has 2 aliphatic rings. The SMILES string of the molecule is CCOc1nonc1C(=O)N[C@H](c1cn2ncc([C@H](NC(=O)CCC(F)(F)F)C3CC3)cc2n1)C1CCC(F)(F)CC1. The van der Waals surface area contributed by atoms with E-state index in [1.54, 1.807) is 19.2 Å². The number of fused-ring (bicyclic) bond motifs is 1. The zero-order valence-corrected chi connectivity index (χ0v) is 22.7. The van der Waals surface area contributed by atoms with Crippen molar-refractivity contribution in [2.45, 2.75) is 82.5 Å². The van der Waals surface area contributed by atoms with Crippen LogP contribution in [0.3, 0.4) is 0 Å². The Morgan fingerprint density at radius 1 is 1.12 bits per heavy atom. The van der Waals surface area contributed by atoms with Gasteiger partial charge in [0.1, 0.15) is 0 Å². The van der Waals surface area contributed by atoms with Crippen molar-refractivity contribution in [3.63, 3.8) is 0 Å². The monoisotopic (exact) mass is 599 g/mol. The number of nitrogens with one attached hydrogen (secondary N) is 2. The first-order valence-electron chi connectivity index (χ1n) is 13.8. The van der Waals surface area contributed by atoms with Crippen LogP contribution in [0.4, 0.5) is 22.0 Å². The van der Waals surface area contributed by atoms with E-state index < -0.39 is 48.8 Å². The minimum Gasteiger partial charge on any atom is -0.474 e. The lowest BCUT2D eigenvalue weighted by molar-refractivity contribution is -0.144. The summed E-state index contributed by atoms with van der Waals surface area (Å²) in [5, 5.41) is 17.1. The quantitative estimate of drug-likeness (QED) is 0.302. The summed E-state index contributed by atoms with van der Waals surface area (Å²) in [6, 6.07) is 0.356. The summed E-state index contributed by atoms with van der Waals surface area (Å²) < 4.78 is 77.1. The Balaban J connectivity index is 1.39. The number of hydrogen-bond acceptors (Lipinski definition) is 8. The summed E-state index contributed by atoms with van der Waals surface area (Å²) in [5.41, 5.74) is 1.11. The Morgan fingerprint density at radius 3 is 2.50 bits per heavy atom. The number of carbonyl (C=O) groups is 2. The lowest BCUT2D eigenvalue weighted by atomic mass is 9.81. The van der Waals surface area contributed by atoms with E-state index in [0.717, 1.165) is 12.8 Å². The molecule has 3 aromatic heterocycles. The van der Waals surface area contributed by atoms with Gasteiger partial charge in [0.25, 0.3) is 11.8 Å². The van der Waals surface area contributed by atoms with E-state index in [2.05, 4.69) is 35.7 Å². The van der Waals surface area contributed by atoms with Crippen LogP contribution in [-0.4, -0.2) is 55.4 Å². The molecule has 16 heteroatoms. The molecule has 0 spiro atoms. The normalized spacial score (nSPS) is 18.9. The average molecular weight is 600 g/mol. The third-order valence-corrected chi connectivity index (χ3v) is 7.56. The molecule has 0 radical (unpaired) electrons. The maximum atomic E-state index is 14.0. The molecule has 0 bridgehead atoms. The first-order chi connectivity index (χ1) is 19.9. The Labute approximate surface area is 236 Å². The highest BCUT2D eigenvalue weighted by Gasteiger charge is 2.40. The fraction of sp³-hybridized carbons (Fsp3) is 0.615. The van der Waals surface area contributed by atoms with Gasteiger partial charge in [-0.1, -0.05) is 0 Å². The number of aromatic nitrogens is 5. The first kappa shape index (κ1) is 29.6. The van der Waals surface area contributed by atoms with Crippen LogP contribution in [0.5, 0.6) is 5.88 Å². The fourth-order valence-corrected chi connectivity index (χ4v) is 5.22. The van der Waals surface area contributed by atoms with Gasteiger partial charge in [-0.25, -0.2) is 22.9 Å². The van der Waals surface area contributed by atoms with E-state index in [1.807, 2.05) is 0 Å². The molecular formula is C26H30F5N7O4. The van der Waals surface area contributed by atoms with Crippen LogP contribution in [0.1, 0.15) is 92.1 Å². The number of alkyl halides is 5. The zero-order chi connectivity index (χ0) is 30.1. The van der Waals surface area contributed by atoms with E-state index in [4.69, 9.17) is 4.74 Å². The smallest absolute Gasteiger partial charge is 0.389 e. The van der Waals surface area contributed by atoms with Crippen molar-refractivity contribution in [3.05, 3.63) is 35.4 Å². The summed E-state index contributed by atoms with van der Waals surface area (Å²) in [4.78, 5) is 30.1. The third kappa shape index (κ3) is 7.13. The van der Waals surface area contributed by atoms with Crippen molar-refractivity contribution in [2.75, 3.05) is 6.61 Å². The van der Waals surface area contributed by atoms with Gasteiger partial charge in [-0.05, 0) is 66.4 Å². The Hall–Kier alpha value is -3.85. The summed E-state index contributed by atoms with van der Waals surface area (Å²) in [6.07, 6.45) is -2.05. The van der Waals surface area contributed by atoms with Crippen LogP contribution in [0.25, 0.3) is 5.65 Å². The summed E-state index contributed by atoms with van der Waals surface area (Å²) in [6.45, 7) is 1.90. The minimum absolute atomic E-state index is 0.0602. The molecule has 0 unspecified atom stereocenters. The van der Waals surface area contributed by atoms with Gasteiger partial charge in [-0.3, -0.25) is 9.59 Å². The molecule has 2 fully saturated rings. The lowest BCUT2D eigenvalue weighted by Crippen LogP contribution is -2.37. The van der Waals surface area contributed by atoms with Crippen LogP contribution in [0, 0.1) is 11.8 Å². The zero-order valence-electron chi connectivity index (χ0n) is 22.7. The third-order valence-electron chi connectivity index (χ3n) is 7.56. The van der Waals surface area contributed by atoms with E-state index in [9.17, 15) is 31.5 Å². The molecule has 2 aliphatic carbocycles. The van der Waals surface area contributed by atoms with Gasteiger partial charge in [0.05, 0.1) is 43.2 Å². The van der Waals surface area contributed by atoms with Crippen molar-refractivity contribution < 1.29 is 40.9 Å². The first-order valence-corrected chi connectivity index (χ1v) is 13.8. The van der Waals surface area contributed by atoms with Gasteiger partial charge >= 0.3 is 6.18 Å². The van der Waals surface area contributed by atoms with Crippen molar-refractivity contribution in [2.24, 2.45) is 11.8 Å². The second-order valence-corrected chi connectivity index (χ2v) is 10.8. The Kier molecular flexibility index (Phi) is 8.32. The van der Waals surface area contributed by atoms with Gasteiger partial charge in [-0.2, -0.15) is 18.3 Å². The average Bonchev–Trinajstić information content (AvgIpc) is 3.51.